The third kappa shape index (κ3) is 8.74. The largest absolute Gasteiger partial charge is 0.391 e. The molecule has 0 fully saturated rings. The Balaban J connectivity index is 0.000000211. The molecule has 0 aliphatic rings. The number of para-hydroxylation sites is 2. The number of nitrogens with two attached hydrogens (primary N) is 3. The molecule has 9 nitrogen and oxygen atoms in total. The summed E-state index contributed by atoms with van der Waals surface area (Å²) in [4.78, 5) is 38.8. The SMILES string of the molecule is CC(=O)[C@@H](N)Cc1c[nH]c2ccccc12.CC(=O)[C@@H](N)[C@H](C)O.CC(=O)[C@H](N)Cc1c[nH]c2ccccc12. The van der Waals surface area contributed by atoms with E-state index in [9.17, 15) is 14.4 Å². The number of nitrogens with one attached hydrogen (secondary N) is 2. The van der Waals surface area contributed by atoms with E-state index in [0.717, 1.165) is 32.9 Å². The highest BCUT2D eigenvalue weighted by Gasteiger charge is 2.13. The molecule has 0 spiro atoms. The Morgan fingerprint density at radius 2 is 1.08 bits per heavy atom. The number of fused-ring (bicyclic) bond motifs is 2. The number of aliphatic hydroxyl groups excluding tert-OH is 1. The van der Waals surface area contributed by atoms with E-state index in [0.29, 0.717) is 12.8 Å². The fraction of sp³-hybridized carbons (Fsp3) is 0.345. The van der Waals surface area contributed by atoms with Crippen molar-refractivity contribution in [1.82, 2.24) is 9.97 Å². The first-order valence-corrected chi connectivity index (χ1v) is 12.5. The summed E-state index contributed by atoms with van der Waals surface area (Å²) in [7, 11) is 0. The summed E-state index contributed by atoms with van der Waals surface area (Å²) in [6.45, 7) is 5.91. The summed E-state index contributed by atoms with van der Waals surface area (Å²) in [6, 6.07) is 14.5. The van der Waals surface area contributed by atoms with Crippen LogP contribution in [0.5, 0.6) is 0 Å². The molecule has 0 amide bonds. The Morgan fingerprint density at radius 1 is 0.711 bits per heavy atom. The molecule has 9 N–H and O–H groups in total. The smallest absolute Gasteiger partial charge is 0.149 e. The maximum Gasteiger partial charge on any atom is 0.149 e. The van der Waals surface area contributed by atoms with Gasteiger partial charge in [-0.25, -0.2) is 0 Å². The van der Waals surface area contributed by atoms with Crippen LogP contribution in [0.3, 0.4) is 0 Å². The summed E-state index contributed by atoms with van der Waals surface area (Å²) >= 11 is 0. The second-order valence-electron chi connectivity index (χ2n) is 9.44. The average Bonchev–Trinajstić information content (AvgIpc) is 3.48. The number of carbonyl (C=O) groups is 3. The van der Waals surface area contributed by atoms with E-state index in [1.165, 1.54) is 27.7 Å². The van der Waals surface area contributed by atoms with Gasteiger partial charge in [-0.15, -0.1) is 0 Å². The van der Waals surface area contributed by atoms with Crippen molar-refractivity contribution in [2.24, 2.45) is 17.2 Å². The summed E-state index contributed by atoms with van der Waals surface area (Å²) < 4.78 is 0. The number of Topliss-reactive ketones (excluding diaryl/α,β-unsaturated/α-hetero) is 3. The molecule has 0 saturated heterocycles. The van der Waals surface area contributed by atoms with Gasteiger partial charge in [-0.2, -0.15) is 0 Å². The number of aromatic amines is 2. The van der Waals surface area contributed by atoms with Crippen LogP contribution in [0.25, 0.3) is 21.8 Å². The monoisotopic (exact) mass is 521 g/mol. The number of ketones is 3. The molecule has 0 saturated carbocycles. The molecule has 4 rings (SSSR count). The van der Waals surface area contributed by atoms with Crippen LogP contribution in [0, 0.1) is 0 Å². The van der Waals surface area contributed by atoms with Gasteiger partial charge in [-0.1, -0.05) is 36.4 Å². The van der Waals surface area contributed by atoms with Crippen molar-refractivity contribution in [1.29, 1.82) is 0 Å². The van der Waals surface area contributed by atoms with Gasteiger partial charge in [0.15, 0.2) is 0 Å². The van der Waals surface area contributed by atoms with Crippen LogP contribution in [-0.2, 0) is 27.2 Å². The third-order valence-electron chi connectivity index (χ3n) is 6.26. The highest BCUT2D eigenvalue weighted by molar-refractivity contribution is 5.87. The minimum absolute atomic E-state index is 0.0280. The van der Waals surface area contributed by atoms with Gasteiger partial charge in [-0.05, 0) is 63.8 Å². The van der Waals surface area contributed by atoms with Crippen molar-refractivity contribution >= 4 is 39.2 Å². The normalized spacial score (nSPS) is 13.9. The minimum Gasteiger partial charge on any atom is -0.391 e. The van der Waals surface area contributed by atoms with Gasteiger partial charge in [0.25, 0.3) is 0 Å². The quantitative estimate of drug-likeness (QED) is 0.206. The topological polar surface area (TPSA) is 181 Å². The summed E-state index contributed by atoms with van der Waals surface area (Å²) in [5.74, 6) is -0.124. The Hall–Kier alpha value is -3.63. The Kier molecular flexibility index (Phi) is 11.5. The Bertz CT molecular complexity index is 1270. The zero-order valence-electron chi connectivity index (χ0n) is 22.4. The molecule has 0 aliphatic heterocycles. The Labute approximate surface area is 222 Å². The molecular weight excluding hydrogens is 482 g/mol. The van der Waals surface area contributed by atoms with Crippen LogP contribution in [0.15, 0.2) is 60.9 Å². The van der Waals surface area contributed by atoms with Crippen LogP contribution in [0.1, 0.15) is 38.8 Å². The van der Waals surface area contributed by atoms with E-state index >= 15 is 0 Å². The molecule has 4 aromatic rings. The van der Waals surface area contributed by atoms with Crippen molar-refractivity contribution in [2.75, 3.05) is 0 Å². The van der Waals surface area contributed by atoms with Crippen LogP contribution >= 0.6 is 0 Å². The standard InChI is InChI=1S/2C12H14N2O.C5H11NO2/c2*1-8(15)11(13)6-9-7-14-12-5-3-2-4-10(9)12;1-3(7)5(6)4(2)8/h2*2-5,7,11,14H,6,13H2,1H3;3,5,7H,6H2,1-2H3/t2*11-;3-,5-/m100/s1. The third-order valence-corrected chi connectivity index (χ3v) is 6.26. The lowest BCUT2D eigenvalue weighted by Crippen LogP contribution is -2.38. The number of aliphatic hydroxyl groups is 1. The predicted molar refractivity (Wildman–Crippen MR) is 152 cm³/mol. The molecule has 0 bridgehead atoms. The number of aromatic nitrogens is 2. The van der Waals surface area contributed by atoms with Crippen molar-refractivity contribution in [3.05, 3.63) is 72.1 Å². The maximum absolute atomic E-state index is 11.1. The second kappa shape index (κ2) is 14.3. The first kappa shape index (κ1) is 30.6. The lowest BCUT2D eigenvalue weighted by molar-refractivity contribution is -0.120. The molecule has 2 aromatic heterocycles. The van der Waals surface area contributed by atoms with E-state index in [-0.39, 0.29) is 17.3 Å². The highest BCUT2D eigenvalue weighted by Crippen LogP contribution is 2.19. The fourth-order valence-corrected chi connectivity index (χ4v) is 3.70. The van der Waals surface area contributed by atoms with Crippen molar-refractivity contribution in [2.45, 2.75) is 64.8 Å². The number of hydrogen-bond acceptors (Lipinski definition) is 7. The van der Waals surface area contributed by atoms with Crippen molar-refractivity contribution in [3.8, 4) is 0 Å². The van der Waals surface area contributed by atoms with E-state index in [4.69, 9.17) is 22.3 Å². The Morgan fingerprint density at radius 3 is 1.37 bits per heavy atom. The van der Waals surface area contributed by atoms with E-state index in [1.54, 1.807) is 0 Å². The van der Waals surface area contributed by atoms with E-state index in [2.05, 4.69) is 9.97 Å². The van der Waals surface area contributed by atoms with Gasteiger partial charge >= 0.3 is 0 Å². The van der Waals surface area contributed by atoms with Crippen LogP contribution in [0.2, 0.25) is 0 Å². The molecule has 9 heteroatoms. The lowest BCUT2D eigenvalue weighted by atomic mass is 10.0. The van der Waals surface area contributed by atoms with E-state index < -0.39 is 24.2 Å². The zero-order chi connectivity index (χ0) is 28.4. The van der Waals surface area contributed by atoms with Crippen LogP contribution in [0.4, 0.5) is 0 Å². The summed E-state index contributed by atoms with van der Waals surface area (Å²) in [5, 5.41) is 10.9. The van der Waals surface area contributed by atoms with Gasteiger partial charge in [0.05, 0.1) is 24.2 Å². The van der Waals surface area contributed by atoms with E-state index in [1.807, 2.05) is 60.9 Å². The minimum atomic E-state index is -0.729. The first-order valence-electron chi connectivity index (χ1n) is 12.5. The number of rotatable bonds is 8. The predicted octanol–water partition coefficient (Wildman–Crippen LogP) is 2.54. The molecular formula is C29H39N5O4. The molecule has 204 valence electrons. The molecule has 0 radical (unpaired) electrons. The summed E-state index contributed by atoms with van der Waals surface area (Å²) in [6.07, 6.45) is 4.31. The number of benzene rings is 2. The molecule has 38 heavy (non-hydrogen) atoms. The number of H-pyrrole nitrogens is 2. The van der Waals surface area contributed by atoms with Gasteiger partial charge in [0, 0.05) is 34.2 Å². The van der Waals surface area contributed by atoms with Crippen LogP contribution in [-0.4, -0.2) is 56.7 Å². The molecule has 0 aliphatic carbocycles. The lowest BCUT2D eigenvalue weighted by Gasteiger charge is -2.08. The molecule has 0 unspecified atom stereocenters. The highest BCUT2D eigenvalue weighted by atomic mass is 16.3. The second-order valence-corrected chi connectivity index (χ2v) is 9.44. The average molecular weight is 522 g/mol. The molecule has 2 aromatic carbocycles. The van der Waals surface area contributed by atoms with Crippen LogP contribution < -0.4 is 17.2 Å². The molecule has 4 atom stereocenters. The fourth-order valence-electron chi connectivity index (χ4n) is 3.70. The molecule has 2 heterocycles. The van der Waals surface area contributed by atoms with Gasteiger partial charge in [-0.3, -0.25) is 14.4 Å². The van der Waals surface area contributed by atoms with Crippen molar-refractivity contribution in [3.63, 3.8) is 0 Å². The maximum atomic E-state index is 11.1. The van der Waals surface area contributed by atoms with Gasteiger partial charge in [0.1, 0.15) is 17.3 Å². The zero-order valence-corrected chi connectivity index (χ0v) is 22.4. The number of carbonyl (C=O) groups excluding carboxylic acids is 3. The number of hydrogen-bond donors (Lipinski definition) is 6. The van der Waals surface area contributed by atoms with Gasteiger partial charge in [0.2, 0.25) is 0 Å². The van der Waals surface area contributed by atoms with Gasteiger partial charge < -0.3 is 32.3 Å². The van der Waals surface area contributed by atoms with Crippen molar-refractivity contribution < 1.29 is 19.5 Å². The summed E-state index contributed by atoms with van der Waals surface area (Å²) in [5.41, 5.74) is 21.0. The first-order chi connectivity index (χ1) is 17.9.